The van der Waals surface area contributed by atoms with E-state index >= 15 is 0 Å². The van der Waals surface area contributed by atoms with E-state index in [1.807, 2.05) is 11.3 Å². The quantitative estimate of drug-likeness (QED) is 0.909. The molecular weight excluding hydrogens is 248 g/mol. The van der Waals surface area contributed by atoms with Gasteiger partial charge in [-0.1, -0.05) is 6.92 Å². The molecule has 1 aromatic rings. The van der Waals surface area contributed by atoms with E-state index in [9.17, 15) is 0 Å². The lowest BCUT2D eigenvalue weighted by Gasteiger charge is -2.27. The van der Waals surface area contributed by atoms with Crippen molar-refractivity contribution in [3.8, 4) is 0 Å². The molecule has 0 radical (unpaired) electrons. The Bertz CT molecular complexity index is 373. The molecule has 2 aliphatic rings. The third kappa shape index (κ3) is 2.15. The number of hydrogen-bond acceptors (Lipinski definition) is 4. The summed E-state index contributed by atoms with van der Waals surface area (Å²) in [5, 5.41) is 5.15. The summed E-state index contributed by atoms with van der Waals surface area (Å²) in [4.78, 5) is 6.50. The Kier molecular flexibility index (Phi) is 3.46. The largest absolute Gasteiger partial charge is 0.305 e. The highest BCUT2D eigenvalue weighted by Gasteiger charge is 2.39. The van der Waals surface area contributed by atoms with Crippen LogP contribution in [-0.4, -0.2) is 23.0 Å². The molecule has 17 heavy (non-hydrogen) atoms. The lowest BCUT2D eigenvalue weighted by Crippen LogP contribution is -2.42. The molecule has 0 spiro atoms. The summed E-state index contributed by atoms with van der Waals surface area (Å²) in [6.45, 7) is 3.36. The maximum Gasteiger partial charge on any atom is 0.114 e. The smallest absolute Gasteiger partial charge is 0.114 e. The topological polar surface area (TPSA) is 24.9 Å². The van der Waals surface area contributed by atoms with Gasteiger partial charge in [0.15, 0.2) is 0 Å². The van der Waals surface area contributed by atoms with Crippen molar-refractivity contribution < 1.29 is 0 Å². The molecule has 1 aromatic heterocycles. The van der Waals surface area contributed by atoms with Gasteiger partial charge in [0, 0.05) is 10.6 Å². The van der Waals surface area contributed by atoms with E-state index in [0.29, 0.717) is 0 Å². The second-order valence-corrected chi connectivity index (χ2v) is 7.24. The number of aromatic nitrogens is 1. The first kappa shape index (κ1) is 12.0. The van der Waals surface area contributed by atoms with Crippen molar-refractivity contribution in [3.05, 3.63) is 15.6 Å². The van der Waals surface area contributed by atoms with Crippen LogP contribution in [0.5, 0.6) is 0 Å². The summed E-state index contributed by atoms with van der Waals surface area (Å²) in [6.07, 6.45) is 6.26. The van der Waals surface area contributed by atoms with Crippen LogP contribution < -0.4 is 5.32 Å². The highest BCUT2D eigenvalue weighted by atomic mass is 32.2. The van der Waals surface area contributed by atoms with Crippen molar-refractivity contribution in [1.29, 1.82) is 0 Å². The molecule has 4 heteroatoms. The predicted molar refractivity (Wildman–Crippen MR) is 76.1 cm³/mol. The highest BCUT2D eigenvalue weighted by molar-refractivity contribution is 7.99. The average Bonchev–Trinajstić information content (AvgIpc) is 3.01. The van der Waals surface area contributed by atoms with Crippen LogP contribution in [0.2, 0.25) is 0 Å². The van der Waals surface area contributed by atoms with Crippen molar-refractivity contribution in [2.24, 2.45) is 0 Å². The Labute approximate surface area is 112 Å². The third-order valence-electron chi connectivity index (χ3n) is 3.74. The van der Waals surface area contributed by atoms with E-state index < -0.39 is 0 Å². The molecule has 2 heterocycles. The van der Waals surface area contributed by atoms with Crippen LogP contribution in [0, 0.1) is 0 Å². The molecule has 2 nitrogen and oxygen atoms in total. The molecule has 1 N–H and O–H groups in total. The number of fused-ring (bicyclic) bond motifs is 1. The van der Waals surface area contributed by atoms with E-state index in [0.717, 1.165) is 6.54 Å². The second-order valence-electron chi connectivity index (χ2n) is 5.05. The minimum Gasteiger partial charge on any atom is -0.305 e. The standard InChI is InChI=1S/C13H20N2S2/c1-2-7-14-13(6-8-16-9-13)12-15-10-4-3-5-11(10)17-12/h14H,2-9H2,1H3. The van der Waals surface area contributed by atoms with Gasteiger partial charge in [0.2, 0.25) is 0 Å². The van der Waals surface area contributed by atoms with Crippen LogP contribution in [0.25, 0.3) is 0 Å². The molecule has 1 aliphatic heterocycles. The van der Waals surface area contributed by atoms with Crippen molar-refractivity contribution >= 4 is 23.1 Å². The molecule has 0 amide bonds. The summed E-state index contributed by atoms with van der Waals surface area (Å²) in [6, 6.07) is 0. The van der Waals surface area contributed by atoms with Crippen molar-refractivity contribution in [3.63, 3.8) is 0 Å². The maximum absolute atomic E-state index is 4.94. The van der Waals surface area contributed by atoms with Crippen LogP contribution >= 0.6 is 23.1 Å². The lowest BCUT2D eigenvalue weighted by molar-refractivity contribution is 0.375. The summed E-state index contributed by atoms with van der Waals surface area (Å²) in [5.74, 6) is 2.49. The van der Waals surface area contributed by atoms with E-state index in [4.69, 9.17) is 4.98 Å². The normalized spacial score (nSPS) is 27.6. The van der Waals surface area contributed by atoms with Gasteiger partial charge < -0.3 is 5.32 Å². The van der Waals surface area contributed by atoms with Crippen molar-refractivity contribution in [2.75, 3.05) is 18.1 Å². The second kappa shape index (κ2) is 4.90. The van der Waals surface area contributed by atoms with E-state index in [-0.39, 0.29) is 5.54 Å². The summed E-state index contributed by atoms with van der Waals surface area (Å²) >= 11 is 4.05. The fraction of sp³-hybridized carbons (Fsp3) is 0.769. The fourth-order valence-corrected chi connectivity index (χ4v) is 5.51. The zero-order valence-corrected chi connectivity index (χ0v) is 12.1. The number of nitrogens with zero attached hydrogens (tertiary/aromatic N) is 1. The van der Waals surface area contributed by atoms with Gasteiger partial charge in [0.05, 0.1) is 11.2 Å². The molecule has 0 aromatic carbocycles. The first-order valence-electron chi connectivity index (χ1n) is 6.66. The van der Waals surface area contributed by atoms with E-state index in [1.165, 1.54) is 54.3 Å². The van der Waals surface area contributed by atoms with Gasteiger partial charge >= 0.3 is 0 Å². The van der Waals surface area contributed by atoms with Gasteiger partial charge in [0.25, 0.3) is 0 Å². The Balaban J connectivity index is 1.86. The molecule has 1 aliphatic carbocycles. The number of aryl methyl sites for hydroxylation is 2. The fourth-order valence-electron chi connectivity index (χ4n) is 2.71. The zero-order valence-electron chi connectivity index (χ0n) is 10.4. The maximum atomic E-state index is 4.94. The van der Waals surface area contributed by atoms with Gasteiger partial charge in [-0.3, -0.25) is 0 Å². The number of thiazole rings is 1. The van der Waals surface area contributed by atoms with Crippen LogP contribution in [-0.2, 0) is 18.4 Å². The molecule has 3 rings (SSSR count). The predicted octanol–water partition coefficient (Wildman–Crippen LogP) is 2.96. The molecule has 1 atom stereocenters. The Morgan fingerprint density at radius 1 is 1.41 bits per heavy atom. The molecule has 1 fully saturated rings. The Hall–Kier alpha value is -0.0600. The van der Waals surface area contributed by atoms with Crippen LogP contribution in [0.15, 0.2) is 0 Å². The first-order chi connectivity index (χ1) is 8.34. The van der Waals surface area contributed by atoms with Crippen LogP contribution in [0.3, 0.4) is 0 Å². The molecule has 0 bridgehead atoms. The first-order valence-corrected chi connectivity index (χ1v) is 8.63. The van der Waals surface area contributed by atoms with E-state index in [2.05, 4.69) is 24.0 Å². The molecule has 1 unspecified atom stereocenters. The summed E-state index contributed by atoms with van der Waals surface area (Å²) in [7, 11) is 0. The number of hydrogen-bond donors (Lipinski definition) is 1. The van der Waals surface area contributed by atoms with Gasteiger partial charge in [-0.2, -0.15) is 11.8 Å². The number of rotatable bonds is 4. The monoisotopic (exact) mass is 268 g/mol. The van der Waals surface area contributed by atoms with Crippen LogP contribution in [0.4, 0.5) is 0 Å². The Morgan fingerprint density at radius 3 is 3.06 bits per heavy atom. The molecule has 94 valence electrons. The van der Waals surface area contributed by atoms with Gasteiger partial charge in [-0.15, -0.1) is 11.3 Å². The highest BCUT2D eigenvalue weighted by Crippen LogP contribution is 2.41. The Morgan fingerprint density at radius 2 is 2.35 bits per heavy atom. The lowest BCUT2D eigenvalue weighted by atomic mass is 10.00. The molecular formula is C13H20N2S2. The van der Waals surface area contributed by atoms with Crippen LogP contribution in [0.1, 0.15) is 41.8 Å². The number of thioether (sulfide) groups is 1. The van der Waals surface area contributed by atoms with E-state index in [1.54, 1.807) is 4.88 Å². The minimum atomic E-state index is 0.204. The van der Waals surface area contributed by atoms with Gasteiger partial charge in [-0.25, -0.2) is 4.98 Å². The van der Waals surface area contributed by atoms with Crippen molar-refractivity contribution in [1.82, 2.24) is 10.3 Å². The summed E-state index contributed by atoms with van der Waals surface area (Å²) < 4.78 is 0. The van der Waals surface area contributed by atoms with Crippen molar-refractivity contribution in [2.45, 2.75) is 44.6 Å². The number of nitrogens with one attached hydrogen (secondary N) is 1. The average molecular weight is 268 g/mol. The van der Waals surface area contributed by atoms with Gasteiger partial charge in [0.1, 0.15) is 5.01 Å². The summed E-state index contributed by atoms with van der Waals surface area (Å²) in [5.41, 5.74) is 1.61. The van der Waals surface area contributed by atoms with Gasteiger partial charge in [-0.05, 0) is 44.4 Å². The molecule has 1 saturated heterocycles. The SMILES string of the molecule is CCCNC1(c2nc3c(s2)CCC3)CCSC1. The zero-order chi connectivity index (χ0) is 11.7. The molecule has 0 saturated carbocycles. The third-order valence-corrected chi connectivity index (χ3v) is 6.29. The minimum absolute atomic E-state index is 0.204.